The van der Waals surface area contributed by atoms with E-state index in [-0.39, 0.29) is 0 Å². The van der Waals surface area contributed by atoms with E-state index in [1.54, 1.807) is 13.1 Å². The first kappa shape index (κ1) is 12.1. The molecule has 0 amide bonds. The van der Waals surface area contributed by atoms with Crippen LogP contribution in [0.3, 0.4) is 0 Å². The molecular formula is C11H10N2O2S2. The molecule has 0 aliphatic rings. The number of aryl methyl sites for hydroxylation is 2. The van der Waals surface area contributed by atoms with Crippen molar-refractivity contribution in [2.24, 2.45) is 0 Å². The SMILES string of the molecule is Cc1cccnc1Sc1nc(C)c(C(=O)O)s1. The molecular weight excluding hydrogens is 256 g/mol. The minimum absolute atomic E-state index is 0.293. The Bertz CT molecular complexity index is 566. The lowest BCUT2D eigenvalue weighted by Gasteiger charge is -1.99. The van der Waals surface area contributed by atoms with Crippen LogP contribution in [-0.2, 0) is 0 Å². The molecule has 17 heavy (non-hydrogen) atoms. The van der Waals surface area contributed by atoms with Gasteiger partial charge in [-0.1, -0.05) is 17.4 Å². The van der Waals surface area contributed by atoms with E-state index in [0.29, 0.717) is 14.9 Å². The minimum Gasteiger partial charge on any atom is -0.477 e. The van der Waals surface area contributed by atoms with Crippen LogP contribution in [0.1, 0.15) is 20.9 Å². The van der Waals surface area contributed by atoms with Crippen molar-refractivity contribution in [3.63, 3.8) is 0 Å². The first-order valence-electron chi connectivity index (χ1n) is 4.88. The molecule has 0 bridgehead atoms. The summed E-state index contributed by atoms with van der Waals surface area (Å²) in [5, 5.41) is 9.80. The zero-order valence-electron chi connectivity index (χ0n) is 9.30. The fourth-order valence-corrected chi connectivity index (χ4v) is 3.26. The second-order valence-corrected chi connectivity index (χ2v) is 5.66. The average Bonchev–Trinajstić information content (AvgIpc) is 2.63. The number of nitrogens with zero attached hydrogens (tertiary/aromatic N) is 2. The predicted octanol–water partition coefficient (Wildman–Crippen LogP) is 3.00. The highest BCUT2D eigenvalue weighted by atomic mass is 32.2. The molecule has 0 aliphatic carbocycles. The van der Waals surface area contributed by atoms with Gasteiger partial charge >= 0.3 is 5.97 Å². The third-order valence-corrected chi connectivity index (χ3v) is 4.44. The first-order valence-corrected chi connectivity index (χ1v) is 6.51. The van der Waals surface area contributed by atoms with Crippen LogP contribution in [-0.4, -0.2) is 21.0 Å². The van der Waals surface area contributed by atoms with Crippen molar-refractivity contribution in [1.82, 2.24) is 9.97 Å². The highest BCUT2D eigenvalue weighted by molar-refractivity contribution is 8.01. The largest absolute Gasteiger partial charge is 0.477 e. The van der Waals surface area contributed by atoms with Gasteiger partial charge in [-0.3, -0.25) is 0 Å². The van der Waals surface area contributed by atoms with Crippen molar-refractivity contribution in [1.29, 1.82) is 0 Å². The van der Waals surface area contributed by atoms with Gasteiger partial charge in [-0.15, -0.1) is 0 Å². The van der Waals surface area contributed by atoms with E-state index in [1.807, 2.05) is 19.1 Å². The van der Waals surface area contributed by atoms with Crippen molar-refractivity contribution in [3.05, 3.63) is 34.5 Å². The quantitative estimate of drug-likeness (QED) is 0.925. The van der Waals surface area contributed by atoms with Gasteiger partial charge in [-0.25, -0.2) is 14.8 Å². The number of aromatic carboxylic acids is 1. The average molecular weight is 266 g/mol. The number of carboxylic acid groups (broad SMARTS) is 1. The summed E-state index contributed by atoms with van der Waals surface area (Å²) in [5.74, 6) is -0.926. The van der Waals surface area contributed by atoms with Gasteiger partial charge in [0.1, 0.15) is 9.90 Å². The van der Waals surface area contributed by atoms with E-state index in [4.69, 9.17) is 5.11 Å². The van der Waals surface area contributed by atoms with Crippen LogP contribution in [0.2, 0.25) is 0 Å². The van der Waals surface area contributed by atoms with Gasteiger partial charge in [0, 0.05) is 6.20 Å². The van der Waals surface area contributed by atoms with Crippen LogP contribution in [0.15, 0.2) is 27.7 Å². The zero-order chi connectivity index (χ0) is 12.4. The van der Waals surface area contributed by atoms with Crippen molar-refractivity contribution in [2.45, 2.75) is 23.2 Å². The van der Waals surface area contributed by atoms with Gasteiger partial charge in [0.25, 0.3) is 0 Å². The summed E-state index contributed by atoms with van der Waals surface area (Å²) in [6, 6.07) is 3.84. The van der Waals surface area contributed by atoms with E-state index in [1.165, 1.54) is 23.1 Å². The Kier molecular flexibility index (Phi) is 3.44. The van der Waals surface area contributed by atoms with Gasteiger partial charge in [-0.2, -0.15) is 0 Å². The number of hydrogen-bond donors (Lipinski definition) is 1. The van der Waals surface area contributed by atoms with Crippen molar-refractivity contribution in [3.8, 4) is 0 Å². The van der Waals surface area contributed by atoms with E-state index < -0.39 is 5.97 Å². The molecule has 88 valence electrons. The molecule has 0 fully saturated rings. The minimum atomic E-state index is -0.926. The standard InChI is InChI=1S/C11H10N2O2S2/c1-6-4-3-5-12-9(6)17-11-13-7(2)8(16-11)10(14)15/h3-5H,1-2H3,(H,14,15). The molecule has 0 saturated heterocycles. The summed E-state index contributed by atoms with van der Waals surface area (Å²) in [5.41, 5.74) is 1.61. The molecule has 2 rings (SSSR count). The van der Waals surface area contributed by atoms with Crippen LogP contribution < -0.4 is 0 Å². The highest BCUT2D eigenvalue weighted by Crippen LogP contribution is 2.33. The lowest BCUT2D eigenvalue weighted by molar-refractivity contribution is 0.0701. The third-order valence-electron chi connectivity index (χ3n) is 2.12. The smallest absolute Gasteiger partial charge is 0.347 e. The van der Waals surface area contributed by atoms with Gasteiger partial charge in [-0.05, 0) is 37.2 Å². The Balaban J connectivity index is 2.28. The van der Waals surface area contributed by atoms with Crippen LogP contribution >= 0.6 is 23.1 Å². The van der Waals surface area contributed by atoms with Gasteiger partial charge in [0.2, 0.25) is 0 Å². The Hall–Kier alpha value is -1.40. The van der Waals surface area contributed by atoms with Crippen LogP contribution in [0.4, 0.5) is 0 Å². The number of thiazole rings is 1. The van der Waals surface area contributed by atoms with E-state index in [9.17, 15) is 4.79 Å². The summed E-state index contributed by atoms with van der Waals surface area (Å²) >= 11 is 2.58. The maximum Gasteiger partial charge on any atom is 0.347 e. The summed E-state index contributed by atoms with van der Waals surface area (Å²) in [4.78, 5) is 19.7. The lowest BCUT2D eigenvalue weighted by atomic mass is 10.3. The topological polar surface area (TPSA) is 63.1 Å². The molecule has 2 aromatic rings. The number of carbonyl (C=O) groups is 1. The fourth-order valence-electron chi connectivity index (χ4n) is 1.27. The molecule has 0 atom stereocenters. The maximum absolute atomic E-state index is 10.9. The number of hydrogen-bond acceptors (Lipinski definition) is 5. The second-order valence-electron chi connectivity index (χ2n) is 3.43. The highest BCUT2D eigenvalue weighted by Gasteiger charge is 2.15. The normalized spacial score (nSPS) is 10.5. The third kappa shape index (κ3) is 2.65. The zero-order valence-corrected chi connectivity index (χ0v) is 10.9. The summed E-state index contributed by atoms with van der Waals surface area (Å²) in [7, 11) is 0. The summed E-state index contributed by atoms with van der Waals surface area (Å²) in [6.07, 6.45) is 1.72. The van der Waals surface area contributed by atoms with Crippen LogP contribution in [0, 0.1) is 13.8 Å². The molecule has 0 unspecified atom stereocenters. The van der Waals surface area contributed by atoms with Crippen molar-refractivity contribution in [2.75, 3.05) is 0 Å². The van der Waals surface area contributed by atoms with E-state index in [0.717, 1.165) is 10.6 Å². The van der Waals surface area contributed by atoms with Gasteiger partial charge in [0.05, 0.1) is 5.69 Å². The molecule has 0 saturated carbocycles. The number of pyridine rings is 1. The van der Waals surface area contributed by atoms with E-state index in [2.05, 4.69) is 9.97 Å². The molecule has 0 aliphatic heterocycles. The molecule has 1 N–H and O–H groups in total. The molecule has 0 aromatic carbocycles. The molecule has 6 heteroatoms. The van der Waals surface area contributed by atoms with Crippen LogP contribution in [0.5, 0.6) is 0 Å². The molecule has 0 spiro atoms. The van der Waals surface area contributed by atoms with Gasteiger partial charge in [0.15, 0.2) is 4.34 Å². The first-order chi connectivity index (χ1) is 8.08. The van der Waals surface area contributed by atoms with E-state index >= 15 is 0 Å². The summed E-state index contributed by atoms with van der Waals surface area (Å²) in [6.45, 7) is 3.67. The maximum atomic E-state index is 10.9. The number of carboxylic acids is 1. The van der Waals surface area contributed by atoms with Gasteiger partial charge < -0.3 is 5.11 Å². The molecule has 2 aromatic heterocycles. The van der Waals surface area contributed by atoms with Crippen LogP contribution in [0.25, 0.3) is 0 Å². The second kappa shape index (κ2) is 4.85. The van der Waals surface area contributed by atoms with Crippen molar-refractivity contribution >= 4 is 29.1 Å². The molecule has 4 nitrogen and oxygen atoms in total. The molecule has 2 heterocycles. The monoisotopic (exact) mass is 266 g/mol. The Morgan fingerprint density at radius 3 is 2.82 bits per heavy atom. The van der Waals surface area contributed by atoms with Crippen molar-refractivity contribution < 1.29 is 9.90 Å². The lowest BCUT2D eigenvalue weighted by Crippen LogP contribution is -1.94. The number of aromatic nitrogens is 2. The Morgan fingerprint density at radius 1 is 1.47 bits per heavy atom. The summed E-state index contributed by atoms with van der Waals surface area (Å²) < 4.78 is 0.710. The number of rotatable bonds is 3. The Labute approximate surface area is 107 Å². The molecule has 0 radical (unpaired) electrons. The Morgan fingerprint density at radius 2 is 2.24 bits per heavy atom. The fraction of sp³-hybridized carbons (Fsp3) is 0.182. The predicted molar refractivity (Wildman–Crippen MR) is 66.9 cm³/mol.